The Morgan fingerprint density at radius 1 is 1.38 bits per heavy atom. The van der Waals surface area contributed by atoms with Crippen molar-refractivity contribution >= 4 is 0 Å². The Labute approximate surface area is 82.8 Å². The molecule has 2 nitrogen and oxygen atoms in total. The van der Waals surface area contributed by atoms with Crippen molar-refractivity contribution in [1.29, 1.82) is 0 Å². The van der Waals surface area contributed by atoms with E-state index in [9.17, 15) is 0 Å². The summed E-state index contributed by atoms with van der Waals surface area (Å²) in [7, 11) is 0. The molecule has 2 heteroatoms. The third-order valence-electron chi connectivity index (χ3n) is 2.19. The van der Waals surface area contributed by atoms with Gasteiger partial charge in [-0.2, -0.15) is 0 Å². The molecule has 13 heavy (non-hydrogen) atoms. The maximum atomic E-state index is 4.85. The zero-order chi connectivity index (χ0) is 10.3. The van der Waals surface area contributed by atoms with Crippen molar-refractivity contribution in [3.05, 3.63) is 12.3 Å². The Hall–Kier alpha value is -0.500. The highest BCUT2D eigenvalue weighted by atomic mass is 15.1. The minimum atomic E-state index is 0.436. The van der Waals surface area contributed by atoms with Crippen LogP contribution in [0, 0.1) is 5.41 Å². The highest BCUT2D eigenvalue weighted by Gasteiger charge is 2.18. The van der Waals surface area contributed by atoms with Gasteiger partial charge in [0.25, 0.3) is 0 Å². The molecule has 0 saturated carbocycles. The Kier molecular flexibility index (Phi) is 5.80. The van der Waals surface area contributed by atoms with Crippen molar-refractivity contribution in [2.45, 2.75) is 34.1 Å². The van der Waals surface area contributed by atoms with Crippen molar-refractivity contribution in [3.8, 4) is 0 Å². The van der Waals surface area contributed by atoms with Gasteiger partial charge in [0.05, 0.1) is 0 Å². The van der Waals surface area contributed by atoms with Crippen LogP contribution in [0.2, 0.25) is 0 Å². The second-order valence-corrected chi connectivity index (χ2v) is 4.09. The van der Waals surface area contributed by atoms with Crippen LogP contribution in [-0.2, 0) is 0 Å². The van der Waals surface area contributed by atoms with E-state index in [-0.39, 0.29) is 0 Å². The number of hydrogen-bond donors (Lipinski definition) is 1. The summed E-state index contributed by atoms with van der Waals surface area (Å²) in [5.41, 5.74) is 5.28. The molecule has 0 bridgehead atoms. The molecule has 0 aliphatic carbocycles. The highest BCUT2D eigenvalue weighted by Crippen LogP contribution is 2.26. The van der Waals surface area contributed by atoms with Crippen LogP contribution in [-0.4, -0.2) is 24.5 Å². The van der Waals surface area contributed by atoms with E-state index in [1.165, 1.54) is 13.0 Å². The van der Waals surface area contributed by atoms with Crippen molar-refractivity contribution in [1.82, 2.24) is 4.90 Å². The predicted octanol–water partition coefficient (Wildman–Crippen LogP) is 2.22. The monoisotopic (exact) mass is 184 g/mol. The average molecular weight is 184 g/mol. The average Bonchev–Trinajstić information content (AvgIpc) is 2.06. The van der Waals surface area contributed by atoms with Crippen molar-refractivity contribution in [3.63, 3.8) is 0 Å². The first-order chi connectivity index (χ1) is 6.05. The summed E-state index contributed by atoms with van der Waals surface area (Å²) < 4.78 is 0. The number of allylic oxidation sites excluding steroid dienone is 1. The lowest BCUT2D eigenvalue weighted by atomic mass is 9.87. The number of rotatable bonds is 1. The molecule has 0 fully saturated rings. The van der Waals surface area contributed by atoms with E-state index in [1.807, 2.05) is 6.92 Å². The maximum Gasteiger partial charge on any atom is 0.0180 e. The van der Waals surface area contributed by atoms with Gasteiger partial charge in [-0.3, -0.25) is 0 Å². The molecule has 0 spiro atoms. The molecule has 2 N–H and O–H groups in total. The van der Waals surface area contributed by atoms with E-state index >= 15 is 0 Å². The third-order valence-corrected chi connectivity index (χ3v) is 2.19. The summed E-state index contributed by atoms with van der Waals surface area (Å²) in [6.45, 7) is 11.8. The van der Waals surface area contributed by atoms with Crippen LogP contribution in [0.5, 0.6) is 0 Å². The number of nitrogens with zero attached hydrogens (tertiary/aromatic N) is 1. The second kappa shape index (κ2) is 6.03. The molecule has 78 valence electrons. The predicted molar refractivity (Wildman–Crippen MR) is 59.5 cm³/mol. The van der Waals surface area contributed by atoms with Gasteiger partial charge < -0.3 is 10.6 Å². The highest BCUT2D eigenvalue weighted by molar-refractivity contribution is 4.99. The summed E-state index contributed by atoms with van der Waals surface area (Å²) in [4.78, 5) is 2.35. The maximum absolute atomic E-state index is 4.85. The minimum absolute atomic E-state index is 0.436. The zero-order valence-corrected chi connectivity index (χ0v) is 9.51. The SMILES string of the molecule is CCN.CCN1C=CC(C)(C)CC1. The quantitative estimate of drug-likeness (QED) is 0.677. The lowest BCUT2D eigenvalue weighted by Gasteiger charge is -2.31. The van der Waals surface area contributed by atoms with Gasteiger partial charge in [-0.1, -0.05) is 26.8 Å². The van der Waals surface area contributed by atoms with Gasteiger partial charge in [-0.05, 0) is 31.5 Å². The fourth-order valence-corrected chi connectivity index (χ4v) is 1.16. The van der Waals surface area contributed by atoms with E-state index in [1.54, 1.807) is 0 Å². The summed E-state index contributed by atoms with van der Waals surface area (Å²) in [6, 6.07) is 0. The van der Waals surface area contributed by atoms with Crippen LogP contribution < -0.4 is 5.73 Å². The van der Waals surface area contributed by atoms with Gasteiger partial charge in [0.2, 0.25) is 0 Å². The molecule has 0 radical (unpaired) electrons. The molecule has 0 amide bonds. The molecular formula is C11H24N2. The lowest BCUT2D eigenvalue weighted by molar-refractivity contribution is 0.287. The Morgan fingerprint density at radius 3 is 2.23 bits per heavy atom. The molecule has 0 aromatic carbocycles. The summed E-state index contributed by atoms with van der Waals surface area (Å²) in [5.74, 6) is 0. The summed E-state index contributed by atoms with van der Waals surface area (Å²) in [5, 5.41) is 0. The van der Waals surface area contributed by atoms with E-state index in [4.69, 9.17) is 5.73 Å². The largest absolute Gasteiger partial charge is 0.378 e. The van der Waals surface area contributed by atoms with Crippen LogP contribution in [0.15, 0.2) is 12.3 Å². The van der Waals surface area contributed by atoms with Gasteiger partial charge in [0, 0.05) is 13.1 Å². The van der Waals surface area contributed by atoms with Crippen molar-refractivity contribution in [2.24, 2.45) is 11.1 Å². The first kappa shape index (κ1) is 12.5. The van der Waals surface area contributed by atoms with Crippen LogP contribution in [0.3, 0.4) is 0 Å². The van der Waals surface area contributed by atoms with Gasteiger partial charge >= 0.3 is 0 Å². The number of hydrogen-bond acceptors (Lipinski definition) is 2. The van der Waals surface area contributed by atoms with Gasteiger partial charge in [-0.15, -0.1) is 0 Å². The smallest absolute Gasteiger partial charge is 0.0180 e. The molecule has 0 atom stereocenters. The first-order valence-electron chi connectivity index (χ1n) is 5.19. The molecule has 0 saturated heterocycles. The topological polar surface area (TPSA) is 29.3 Å². The molecular weight excluding hydrogens is 160 g/mol. The Bertz CT molecular complexity index is 150. The normalized spacial score (nSPS) is 19.3. The fraction of sp³-hybridized carbons (Fsp3) is 0.818. The Balaban J connectivity index is 0.000000424. The van der Waals surface area contributed by atoms with Crippen molar-refractivity contribution in [2.75, 3.05) is 19.6 Å². The molecule has 1 aliphatic heterocycles. The summed E-state index contributed by atoms with van der Waals surface area (Å²) >= 11 is 0. The number of nitrogens with two attached hydrogens (primary N) is 1. The molecule has 1 rings (SSSR count). The molecule has 1 heterocycles. The van der Waals surface area contributed by atoms with Crippen LogP contribution in [0.1, 0.15) is 34.1 Å². The van der Waals surface area contributed by atoms with Gasteiger partial charge in [0.15, 0.2) is 0 Å². The van der Waals surface area contributed by atoms with Crippen LogP contribution in [0.4, 0.5) is 0 Å². The third kappa shape index (κ3) is 5.69. The summed E-state index contributed by atoms with van der Waals surface area (Å²) in [6.07, 6.45) is 5.82. The van der Waals surface area contributed by atoms with Gasteiger partial charge in [0.1, 0.15) is 0 Å². The molecule has 0 unspecified atom stereocenters. The standard InChI is InChI=1S/C9H17N.C2H7N/c1-4-10-7-5-9(2,3)6-8-10;1-2-3/h5,7H,4,6,8H2,1-3H3;2-3H2,1H3. The van der Waals surface area contributed by atoms with Crippen LogP contribution >= 0.6 is 0 Å². The Morgan fingerprint density at radius 2 is 1.92 bits per heavy atom. The molecule has 0 aromatic rings. The van der Waals surface area contributed by atoms with E-state index in [0.717, 1.165) is 13.1 Å². The molecule has 0 aromatic heterocycles. The van der Waals surface area contributed by atoms with E-state index in [2.05, 4.69) is 37.9 Å². The lowest BCUT2D eigenvalue weighted by Crippen LogP contribution is -2.27. The van der Waals surface area contributed by atoms with E-state index < -0.39 is 0 Å². The molecule has 1 aliphatic rings. The second-order valence-electron chi connectivity index (χ2n) is 4.09. The first-order valence-corrected chi connectivity index (χ1v) is 5.19. The van der Waals surface area contributed by atoms with E-state index in [0.29, 0.717) is 5.41 Å². The zero-order valence-electron chi connectivity index (χ0n) is 9.51. The fourth-order valence-electron chi connectivity index (χ4n) is 1.16. The van der Waals surface area contributed by atoms with Gasteiger partial charge in [-0.25, -0.2) is 0 Å². The van der Waals surface area contributed by atoms with Crippen molar-refractivity contribution < 1.29 is 0 Å². The van der Waals surface area contributed by atoms with Crippen LogP contribution in [0.25, 0.3) is 0 Å². The minimum Gasteiger partial charge on any atom is -0.378 e.